The molecule has 2 nitrogen and oxygen atoms in total. The van der Waals surface area contributed by atoms with Crippen LogP contribution in [0.2, 0.25) is 0 Å². The summed E-state index contributed by atoms with van der Waals surface area (Å²) in [5, 5.41) is 0.496. The molecule has 0 saturated heterocycles. The normalized spacial score (nSPS) is 10.8. The Balaban J connectivity index is 2.74. The van der Waals surface area contributed by atoms with Crippen molar-refractivity contribution in [3.63, 3.8) is 0 Å². The molecular formula is C10H12BrF2NOS. The molecule has 90 valence electrons. The van der Waals surface area contributed by atoms with Gasteiger partial charge >= 0.3 is 0 Å². The zero-order valence-corrected chi connectivity index (χ0v) is 11.2. The first-order chi connectivity index (χ1) is 7.54. The van der Waals surface area contributed by atoms with Gasteiger partial charge in [-0.25, -0.2) is 8.78 Å². The number of amides is 1. The van der Waals surface area contributed by atoms with E-state index in [1.165, 1.54) is 16.2 Å². The molecular weight excluding hydrogens is 300 g/mol. The molecule has 1 rings (SSSR count). The highest BCUT2D eigenvalue weighted by Crippen LogP contribution is 2.17. The van der Waals surface area contributed by atoms with Gasteiger partial charge in [0, 0.05) is 16.8 Å². The number of aryl methyl sites for hydroxylation is 1. The number of hydrogen-bond donors (Lipinski definition) is 0. The van der Waals surface area contributed by atoms with Crippen molar-refractivity contribution in [1.82, 2.24) is 4.90 Å². The van der Waals surface area contributed by atoms with E-state index >= 15 is 0 Å². The minimum absolute atomic E-state index is 0.292. The van der Waals surface area contributed by atoms with Crippen LogP contribution in [0, 0.1) is 6.92 Å². The summed E-state index contributed by atoms with van der Waals surface area (Å²) in [7, 11) is 0. The van der Waals surface area contributed by atoms with Crippen molar-refractivity contribution < 1.29 is 13.6 Å². The van der Waals surface area contributed by atoms with E-state index in [0.29, 0.717) is 16.8 Å². The van der Waals surface area contributed by atoms with Crippen LogP contribution in [0.5, 0.6) is 0 Å². The molecule has 1 heterocycles. The molecule has 0 fully saturated rings. The van der Waals surface area contributed by atoms with Gasteiger partial charge in [-0.15, -0.1) is 11.3 Å². The highest BCUT2D eigenvalue weighted by atomic mass is 79.9. The van der Waals surface area contributed by atoms with E-state index in [9.17, 15) is 13.6 Å². The lowest BCUT2D eigenvalue weighted by Crippen LogP contribution is -2.36. The summed E-state index contributed by atoms with van der Waals surface area (Å²) >= 11 is 4.48. The van der Waals surface area contributed by atoms with Crippen LogP contribution in [-0.2, 0) is 0 Å². The predicted molar refractivity (Wildman–Crippen MR) is 64.8 cm³/mol. The first-order valence-electron chi connectivity index (χ1n) is 4.74. The molecule has 1 amide bonds. The minimum Gasteiger partial charge on any atom is -0.331 e. The molecule has 0 unspecified atom stereocenters. The summed E-state index contributed by atoms with van der Waals surface area (Å²) in [6.45, 7) is 1.66. The Labute approximate surface area is 105 Å². The van der Waals surface area contributed by atoms with Crippen LogP contribution in [0.3, 0.4) is 0 Å². The molecule has 6 heteroatoms. The van der Waals surface area contributed by atoms with Crippen molar-refractivity contribution in [2.45, 2.75) is 13.3 Å². The van der Waals surface area contributed by atoms with Crippen molar-refractivity contribution in [1.29, 1.82) is 0 Å². The third-order valence-electron chi connectivity index (χ3n) is 1.95. The van der Waals surface area contributed by atoms with Crippen LogP contribution in [0.15, 0.2) is 12.1 Å². The summed E-state index contributed by atoms with van der Waals surface area (Å²) in [6.07, 6.45) is -2.50. The standard InChI is InChI=1S/C10H12BrF2NOS/c1-7-2-3-8(16-7)10(15)14(5-4-11)6-9(12)13/h2-3,9H,4-6H2,1H3. The Hall–Kier alpha value is -0.490. The van der Waals surface area contributed by atoms with Crippen LogP contribution >= 0.6 is 27.3 Å². The Morgan fingerprint density at radius 1 is 1.56 bits per heavy atom. The first kappa shape index (κ1) is 13.6. The maximum absolute atomic E-state index is 12.3. The van der Waals surface area contributed by atoms with E-state index in [1.807, 2.05) is 13.0 Å². The fourth-order valence-corrected chi connectivity index (χ4v) is 2.51. The zero-order valence-electron chi connectivity index (χ0n) is 8.75. The van der Waals surface area contributed by atoms with E-state index in [0.717, 1.165) is 4.88 Å². The average molecular weight is 312 g/mol. The van der Waals surface area contributed by atoms with Gasteiger partial charge < -0.3 is 4.90 Å². The second-order valence-electron chi connectivity index (χ2n) is 3.24. The molecule has 0 aromatic carbocycles. The molecule has 0 aliphatic rings. The molecule has 1 aromatic rings. The summed E-state index contributed by atoms with van der Waals surface area (Å²) in [4.78, 5) is 14.5. The van der Waals surface area contributed by atoms with Crippen molar-refractivity contribution in [2.75, 3.05) is 18.4 Å². The largest absolute Gasteiger partial charge is 0.331 e. The summed E-state index contributed by atoms with van der Waals surface area (Å²) in [5.41, 5.74) is 0. The van der Waals surface area contributed by atoms with Gasteiger partial charge in [-0.3, -0.25) is 4.79 Å². The van der Waals surface area contributed by atoms with Crippen molar-refractivity contribution >= 4 is 33.2 Å². The highest BCUT2D eigenvalue weighted by molar-refractivity contribution is 9.09. The molecule has 16 heavy (non-hydrogen) atoms. The maximum atomic E-state index is 12.3. The van der Waals surface area contributed by atoms with Crippen molar-refractivity contribution in [3.8, 4) is 0 Å². The molecule has 0 spiro atoms. The number of hydrogen-bond acceptors (Lipinski definition) is 2. The van der Waals surface area contributed by atoms with Crippen molar-refractivity contribution in [2.24, 2.45) is 0 Å². The van der Waals surface area contributed by atoms with Gasteiger partial charge in [-0.2, -0.15) is 0 Å². The fraction of sp³-hybridized carbons (Fsp3) is 0.500. The summed E-state index contributed by atoms with van der Waals surface area (Å²) in [5.74, 6) is -0.321. The first-order valence-corrected chi connectivity index (χ1v) is 6.68. The average Bonchev–Trinajstić information content (AvgIpc) is 2.62. The fourth-order valence-electron chi connectivity index (χ4n) is 1.25. The Morgan fingerprint density at radius 3 is 2.69 bits per heavy atom. The zero-order chi connectivity index (χ0) is 12.1. The van der Waals surface area contributed by atoms with E-state index in [4.69, 9.17) is 0 Å². The molecule has 1 aromatic heterocycles. The van der Waals surface area contributed by atoms with E-state index in [1.54, 1.807) is 6.07 Å². The molecule has 0 aliphatic heterocycles. The van der Waals surface area contributed by atoms with Crippen LogP contribution in [0.4, 0.5) is 8.78 Å². The SMILES string of the molecule is Cc1ccc(C(=O)N(CCBr)CC(F)F)s1. The summed E-state index contributed by atoms with van der Waals surface area (Å²) < 4.78 is 24.6. The van der Waals surface area contributed by atoms with Gasteiger partial charge in [-0.05, 0) is 19.1 Å². The molecule has 0 N–H and O–H groups in total. The third kappa shape index (κ3) is 3.83. The summed E-state index contributed by atoms with van der Waals surface area (Å²) in [6, 6.07) is 3.49. The van der Waals surface area contributed by atoms with E-state index < -0.39 is 13.0 Å². The lowest BCUT2D eigenvalue weighted by molar-refractivity contribution is 0.0576. The van der Waals surface area contributed by atoms with Crippen LogP contribution in [-0.4, -0.2) is 35.7 Å². The Bertz CT molecular complexity index is 356. The monoisotopic (exact) mass is 311 g/mol. The second-order valence-corrected chi connectivity index (χ2v) is 5.32. The van der Waals surface area contributed by atoms with Gasteiger partial charge in [0.05, 0.1) is 11.4 Å². The molecule has 0 bridgehead atoms. The predicted octanol–water partition coefficient (Wildman–Crippen LogP) is 3.16. The van der Waals surface area contributed by atoms with Crippen LogP contribution < -0.4 is 0 Å². The van der Waals surface area contributed by atoms with E-state index in [-0.39, 0.29) is 5.91 Å². The van der Waals surface area contributed by atoms with Gasteiger partial charge in [0.25, 0.3) is 12.3 Å². The minimum atomic E-state index is -2.50. The Morgan fingerprint density at radius 2 is 2.25 bits per heavy atom. The van der Waals surface area contributed by atoms with Crippen molar-refractivity contribution in [3.05, 3.63) is 21.9 Å². The molecule has 0 aliphatic carbocycles. The maximum Gasteiger partial charge on any atom is 0.264 e. The number of carbonyl (C=O) groups excluding carboxylic acids is 1. The topological polar surface area (TPSA) is 20.3 Å². The molecule has 0 saturated carbocycles. The number of rotatable bonds is 5. The molecule has 0 atom stereocenters. The quantitative estimate of drug-likeness (QED) is 0.765. The number of thiophene rings is 1. The number of alkyl halides is 3. The highest BCUT2D eigenvalue weighted by Gasteiger charge is 2.20. The molecule has 0 radical (unpaired) electrons. The van der Waals surface area contributed by atoms with Gasteiger partial charge in [0.15, 0.2) is 0 Å². The lowest BCUT2D eigenvalue weighted by atomic mass is 10.3. The smallest absolute Gasteiger partial charge is 0.264 e. The van der Waals surface area contributed by atoms with E-state index in [2.05, 4.69) is 15.9 Å². The van der Waals surface area contributed by atoms with Gasteiger partial charge in [0.1, 0.15) is 0 Å². The van der Waals surface area contributed by atoms with Gasteiger partial charge in [0.2, 0.25) is 0 Å². The van der Waals surface area contributed by atoms with Gasteiger partial charge in [-0.1, -0.05) is 15.9 Å². The number of carbonyl (C=O) groups is 1. The Kier molecular flexibility index (Phi) is 5.34. The number of halogens is 3. The van der Waals surface area contributed by atoms with Crippen LogP contribution in [0.1, 0.15) is 14.5 Å². The number of nitrogens with zero attached hydrogens (tertiary/aromatic N) is 1. The lowest BCUT2D eigenvalue weighted by Gasteiger charge is -2.20. The second kappa shape index (κ2) is 6.30. The third-order valence-corrected chi connectivity index (χ3v) is 3.29. The van der Waals surface area contributed by atoms with Crippen LogP contribution in [0.25, 0.3) is 0 Å².